The molecule has 0 aliphatic carbocycles. The number of hydrogen-bond donors (Lipinski definition) is 2. The van der Waals surface area contributed by atoms with Gasteiger partial charge in [0.15, 0.2) is 17.9 Å². The fraction of sp³-hybridized carbons (Fsp3) is 0.353. The molecule has 0 radical (unpaired) electrons. The van der Waals surface area contributed by atoms with Crippen LogP contribution < -0.4 is 21.3 Å². The number of aliphatic hydroxyl groups is 1. The molecule has 0 aliphatic rings. The lowest BCUT2D eigenvalue weighted by molar-refractivity contribution is -0.138. The number of nitrogens with one attached hydrogen (secondary N) is 1. The summed E-state index contributed by atoms with van der Waals surface area (Å²) in [5.74, 6) is -2.31. The van der Waals surface area contributed by atoms with Gasteiger partial charge in [0.1, 0.15) is 5.82 Å². The van der Waals surface area contributed by atoms with Gasteiger partial charge in [0.2, 0.25) is 0 Å². The average molecular weight is 662 g/mol. The van der Waals surface area contributed by atoms with Gasteiger partial charge in [0, 0.05) is 23.4 Å². The monoisotopic (exact) mass is 661 g/mol. The zero-order chi connectivity index (χ0) is 34.3. The molecule has 0 aliphatic heterocycles. The Bertz CT molecular complexity index is 1790. The van der Waals surface area contributed by atoms with Gasteiger partial charge in [-0.05, 0) is 57.0 Å². The van der Waals surface area contributed by atoms with Crippen molar-refractivity contribution in [1.82, 2.24) is 14.5 Å². The normalized spacial score (nSPS) is 13.0. The molecule has 13 heteroatoms. The lowest BCUT2D eigenvalue weighted by Gasteiger charge is -2.24. The number of benzene rings is 3. The van der Waals surface area contributed by atoms with Gasteiger partial charge in [-0.2, -0.15) is 13.2 Å². The van der Waals surface area contributed by atoms with E-state index in [1.807, 2.05) is 0 Å². The van der Waals surface area contributed by atoms with Crippen molar-refractivity contribution in [3.05, 3.63) is 122 Å². The summed E-state index contributed by atoms with van der Waals surface area (Å²) < 4.78 is 84.4. The molecule has 4 aromatic rings. The molecule has 1 unspecified atom stereocenters. The third-order valence-corrected chi connectivity index (χ3v) is 7.83. The molecule has 0 spiro atoms. The van der Waals surface area contributed by atoms with E-state index in [1.165, 1.54) is 32.2 Å². The number of alkyl halides is 3. The molecule has 8 nitrogen and oxygen atoms in total. The molecule has 0 saturated heterocycles. The first kappa shape index (κ1) is 35.5. The van der Waals surface area contributed by atoms with Crippen LogP contribution in [0.15, 0.2) is 76.3 Å². The SMILES string of the molecule is CCOC(O)CCCN[C@@H](Cn1c(=O)c(-c2cccc(OC)c2F)c(C)n(Cc2c(F)cccc2C(F)(F)F)c1=O)c1ccccc1. The number of nitrogens with zero attached hydrogens (tertiary/aromatic N) is 2. The molecule has 3 aromatic carbocycles. The van der Waals surface area contributed by atoms with Gasteiger partial charge in [-0.25, -0.2) is 13.6 Å². The predicted octanol–water partition coefficient (Wildman–Crippen LogP) is 5.81. The summed E-state index contributed by atoms with van der Waals surface area (Å²) in [6.45, 7) is 2.52. The third-order valence-electron chi connectivity index (χ3n) is 7.83. The highest BCUT2D eigenvalue weighted by Gasteiger charge is 2.35. The van der Waals surface area contributed by atoms with E-state index in [0.717, 1.165) is 21.3 Å². The predicted molar refractivity (Wildman–Crippen MR) is 166 cm³/mol. The Morgan fingerprint density at radius 3 is 2.32 bits per heavy atom. The zero-order valence-corrected chi connectivity index (χ0v) is 26.1. The second kappa shape index (κ2) is 15.5. The van der Waals surface area contributed by atoms with Crippen LogP contribution in [-0.2, 0) is 24.0 Å². The van der Waals surface area contributed by atoms with E-state index in [1.54, 1.807) is 37.3 Å². The average Bonchev–Trinajstić information content (AvgIpc) is 3.03. The quantitative estimate of drug-likeness (QED) is 0.101. The largest absolute Gasteiger partial charge is 0.494 e. The van der Waals surface area contributed by atoms with Crippen LogP contribution in [0.4, 0.5) is 22.0 Å². The Kier molecular flexibility index (Phi) is 11.7. The van der Waals surface area contributed by atoms with Crippen molar-refractivity contribution in [2.75, 3.05) is 20.3 Å². The summed E-state index contributed by atoms with van der Waals surface area (Å²) in [4.78, 5) is 28.2. The van der Waals surface area contributed by atoms with Crippen LogP contribution in [0.3, 0.4) is 0 Å². The lowest BCUT2D eigenvalue weighted by Crippen LogP contribution is -2.45. The molecule has 0 saturated carbocycles. The summed E-state index contributed by atoms with van der Waals surface area (Å²) in [7, 11) is 1.23. The molecule has 4 rings (SSSR count). The molecule has 47 heavy (non-hydrogen) atoms. The van der Waals surface area contributed by atoms with E-state index in [-0.39, 0.29) is 29.1 Å². The number of rotatable bonds is 14. The standard InChI is InChI=1S/C34H36F5N3O5/c1-4-47-29(43)17-10-18-40-27(22-11-6-5-7-12-22)20-42-32(44)30(23-13-8-16-28(46-3)31(23)36)21(2)41(33(42)45)19-24-25(34(37,38)39)14-9-15-26(24)35/h5-9,11-16,27,29,40,43H,4,10,17-20H2,1-3H3/t27-,29?/m0/s1. The first-order valence-corrected chi connectivity index (χ1v) is 15.0. The fourth-order valence-electron chi connectivity index (χ4n) is 5.45. The van der Waals surface area contributed by atoms with Crippen LogP contribution in [0.1, 0.15) is 48.2 Å². The van der Waals surface area contributed by atoms with Crippen molar-refractivity contribution >= 4 is 0 Å². The number of methoxy groups -OCH3 is 1. The van der Waals surface area contributed by atoms with Crippen molar-refractivity contribution < 1.29 is 36.5 Å². The van der Waals surface area contributed by atoms with Crippen molar-refractivity contribution in [3.8, 4) is 16.9 Å². The maximum atomic E-state index is 15.6. The number of ether oxygens (including phenoxy) is 2. The van der Waals surface area contributed by atoms with E-state index >= 15 is 8.78 Å². The summed E-state index contributed by atoms with van der Waals surface area (Å²) in [6, 6.07) is 14.7. The van der Waals surface area contributed by atoms with Crippen LogP contribution >= 0.6 is 0 Å². The third kappa shape index (κ3) is 8.16. The van der Waals surface area contributed by atoms with Gasteiger partial charge in [-0.3, -0.25) is 13.9 Å². The van der Waals surface area contributed by atoms with Gasteiger partial charge in [0.05, 0.1) is 37.4 Å². The lowest BCUT2D eigenvalue weighted by atomic mass is 10.0. The highest BCUT2D eigenvalue weighted by atomic mass is 19.4. The molecule has 252 valence electrons. The summed E-state index contributed by atoms with van der Waals surface area (Å²) >= 11 is 0. The van der Waals surface area contributed by atoms with E-state index in [9.17, 15) is 27.9 Å². The molecule has 2 atom stereocenters. The summed E-state index contributed by atoms with van der Waals surface area (Å²) in [6.07, 6.45) is -5.14. The van der Waals surface area contributed by atoms with Crippen LogP contribution in [-0.4, -0.2) is 40.8 Å². The topological polar surface area (TPSA) is 94.7 Å². The zero-order valence-electron chi connectivity index (χ0n) is 26.1. The molecule has 1 heterocycles. The number of halogens is 5. The van der Waals surface area contributed by atoms with Crippen LogP contribution in [0, 0.1) is 18.6 Å². The summed E-state index contributed by atoms with van der Waals surface area (Å²) in [5.41, 5.74) is -4.01. The van der Waals surface area contributed by atoms with E-state index in [4.69, 9.17) is 9.47 Å². The molecule has 2 N–H and O–H groups in total. The second-order valence-corrected chi connectivity index (χ2v) is 10.8. The fourth-order valence-corrected chi connectivity index (χ4v) is 5.45. The highest BCUT2D eigenvalue weighted by molar-refractivity contribution is 5.67. The highest BCUT2D eigenvalue weighted by Crippen LogP contribution is 2.34. The van der Waals surface area contributed by atoms with Gasteiger partial charge < -0.3 is 19.9 Å². The van der Waals surface area contributed by atoms with E-state index in [0.29, 0.717) is 37.6 Å². The number of aromatic nitrogens is 2. The number of hydrogen-bond acceptors (Lipinski definition) is 6. The Balaban J connectivity index is 1.90. The maximum Gasteiger partial charge on any atom is 0.416 e. The van der Waals surface area contributed by atoms with Gasteiger partial charge in [0.25, 0.3) is 5.56 Å². The van der Waals surface area contributed by atoms with Crippen LogP contribution in [0.2, 0.25) is 0 Å². The van der Waals surface area contributed by atoms with Crippen molar-refractivity contribution in [2.24, 2.45) is 0 Å². The minimum absolute atomic E-state index is 0.158. The molecular formula is C34H36F5N3O5. The van der Waals surface area contributed by atoms with Crippen molar-refractivity contribution in [2.45, 2.75) is 58.3 Å². The summed E-state index contributed by atoms with van der Waals surface area (Å²) in [5, 5.41) is 13.2. The molecule has 0 fully saturated rings. The first-order chi connectivity index (χ1) is 22.4. The smallest absolute Gasteiger partial charge is 0.416 e. The molecular weight excluding hydrogens is 625 g/mol. The molecule has 0 bridgehead atoms. The molecule has 1 aromatic heterocycles. The Morgan fingerprint density at radius 1 is 0.957 bits per heavy atom. The van der Waals surface area contributed by atoms with Crippen molar-refractivity contribution in [3.63, 3.8) is 0 Å². The first-order valence-electron chi connectivity index (χ1n) is 15.0. The van der Waals surface area contributed by atoms with E-state index in [2.05, 4.69) is 5.32 Å². The van der Waals surface area contributed by atoms with Gasteiger partial charge in [-0.15, -0.1) is 0 Å². The Labute approximate surface area is 268 Å². The second-order valence-electron chi connectivity index (χ2n) is 10.8. The Morgan fingerprint density at radius 2 is 1.66 bits per heavy atom. The minimum Gasteiger partial charge on any atom is -0.494 e. The minimum atomic E-state index is -4.94. The maximum absolute atomic E-state index is 15.6. The van der Waals surface area contributed by atoms with Crippen molar-refractivity contribution in [1.29, 1.82) is 0 Å². The molecule has 0 amide bonds. The number of aliphatic hydroxyl groups excluding tert-OH is 1. The van der Waals surface area contributed by atoms with Crippen LogP contribution in [0.5, 0.6) is 5.75 Å². The van der Waals surface area contributed by atoms with Gasteiger partial charge in [-0.1, -0.05) is 48.5 Å². The van der Waals surface area contributed by atoms with E-state index < -0.39 is 59.1 Å². The van der Waals surface area contributed by atoms with Gasteiger partial charge >= 0.3 is 11.9 Å². The Hall–Kier alpha value is -4.33. The van der Waals surface area contributed by atoms with Crippen LogP contribution in [0.25, 0.3) is 11.1 Å².